The lowest BCUT2D eigenvalue weighted by Gasteiger charge is -2.18. The Balaban J connectivity index is 1.58. The maximum atomic E-state index is 14.0. The number of benzene rings is 1. The van der Waals surface area contributed by atoms with Crippen molar-refractivity contribution in [2.75, 3.05) is 13.2 Å². The Hall–Kier alpha value is -2.87. The standard InChI is InChI=1S/C18H17FN4O3/c19-14-6-2-1-5-13(14)15-7-8-17(24)23(22-15)10-16-20-21-18(26-16)12-4-3-9-25-11-12/h1-2,5-8,12H,3-4,9-11H2. The average molecular weight is 356 g/mol. The summed E-state index contributed by atoms with van der Waals surface area (Å²) in [7, 11) is 0. The highest BCUT2D eigenvalue weighted by atomic mass is 19.1. The minimum atomic E-state index is -0.400. The smallest absolute Gasteiger partial charge is 0.267 e. The number of rotatable bonds is 4. The number of nitrogens with zero attached hydrogens (tertiary/aromatic N) is 4. The Bertz CT molecular complexity index is 963. The number of hydrogen-bond acceptors (Lipinski definition) is 6. The van der Waals surface area contributed by atoms with Gasteiger partial charge in [0, 0.05) is 18.2 Å². The van der Waals surface area contributed by atoms with Crippen molar-refractivity contribution in [1.29, 1.82) is 0 Å². The van der Waals surface area contributed by atoms with Crippen LogP contribution in [0.2, 0.25) is 0 Å². The Labute approximate surface area is 148 Å². The first-order valence-corrected chi connectivity index (χ1v) is 8.44. The van der Waals surface area contributed by atoms with Gasteiger partial charge >= 0.3 is 0 Å². The van der Waals surface area contributed by atoms with Gasteiger partial charge in [-0.2, -0.15) is 5.10 Å². The second kappa shape index (κ2) is 7.17. The normalized spacial score (nSPS) is 17.3. The largest absolute Gasteiger partial charge is 0.423 e. The van der Waals surface area contributed by atoms with Crippen LogP contribution in [-0.4, -0.2) is 33.2 Å². The Morgan fingerprint density at radius 1 is 1.19 bits per heavy atom. The average Bonchev–Trinajstić information content (AvgIpc) is 3.13. The van der Waals surface area contributed by atoms with E-state index in [4.69, 9.17) is 9.15 Å². The molecule has 134 valence electrons. The maximum Gasteiger partial charge on any atom is 0.267 e. The predicted octanol–water partition coefficient (Wildman–Crippen LogP) is 2.37. The van der Waals surface area contributed by atoms with E-state index in [1.807, 2.05) is 0 Å². The predicted molar refractivity (Wildman–Crippen MR) is 90.1 cm³/mol. The van der Waals surface area contributed by atoms with Crippen molar-refractivity contribution in [3.05, 3.63) is 64.4 Å². The Morgan fingerprint density at radius 2 is 2.08 bits per heavy atom. The molecule has 7 nitrogen and oxygen atoms in total. The summed E-state index contributed by atoms with van der Waals surface area (Å²) in [6.07, 6.45) is 1.89. The number of hydrogen-bond donors (Lipinski definition) is 0. The third-order valence-corrected chi connectivity index (χ3v) is 4.29. The van der Waals surface area contributed by atoms with E-state index < -0.39 is 5.82 Å². The fraction of sp³-hybridized carbons (Fsp3) is 0.333. The molecule has 0 radical (unpaired) electrons. The molecule has 0 saturated carbocycles. The van der Waals surface area contributed by atoms with E-state index in [9.17, 15) is 9.18 Å². The molecule has 3 heterocycles. The highest BCUT2D eigenvalue weighted by molar-refractivity contribution is 5.58. The van der Waals surface area contributed by atoms with Crippen molar-refractivity contribution in [1.82, 2.24) is 20.0 Å². The second-order valence-corrected chi connectivity index (χ2v) is 6.14. The van der Waals surface area contributed by atoms with Crippen LogP contribution in [0.15, 0.2) is 45.6 Å². The molecular weight excluding hydrogens is 339 g/mol. The van der Waals surface area contributed by atoms with E-state index in [2.05, 4.69) is 15.3 Å². The number of ether oxygens (including phenoxy) is 1. The molecule has 0 spiro atoms. The molecule has 0 N–H and O–H groups in total. The fourth-order valence-corrected chi connectivity index (χ4v) is 2.93. The minimum Gasteiger partial charge on any atom is -0.423 e. The highest BCUT2D eigenvalue weighted by Gasteiger charge is 2.22. The van der Waals surface area contributed by atoms with Gasteiger partial charge < -0.3 is 9.15 Å². The molecule has 2 aromatic heterocycles. The van der Waals surface area contributed by atoms with Gasteiger partial charge in [0.1, 0.15) is 12.4 Å². The summed E-state index contributed by atoms with van der Waals surface area (Å²) < 4.78 is 26.3. The van der Waals surface area contributed by atoms with Crippen LogP contribution in [0.1, 0.15) is 30.5 Å². The van der Waals surface area contributed by atoms with Gasteiger partial charge in [0.25, 0.3) is 5.56 Å². The first-order chi connectivity index (χ1) is 12.7. The van der Waals surface area contributed by atoms with Crippen LogP contribution in [0.25, 0.3) is 11.3 Å². The first kappa shape index (κ1) is 16.6. The lowest BCUT2D eigenvalue weighted by Crippen LogP contribution is -2.23. The van der Waals surface area contributed by atoms with Crippen molar-refractivity contribution in [3.63, 3.8) is 0 Å². The topological polar surface area (TPSA) is 83.0 Å². The zero-order chi connectivity index (χ0) is 17.9. The summed E-state index contributed by atoms with van der Waals surface area (Å²) in [6, 6.07) is 9.12. The summed E-state index contributed by atoms with van der Waals surface area (Å²) >= 11 is 0. The molecule has 1 aromatic carbocycles. The van der Waals surface area contributed by atoms with Gasteiger partial charge in [-0.25, -0.2) is 9.07 Å². The second-order valence-electron chi connectivity index (χ2n) is 6.14. The molecule has 1 atom stereocenters. The van der Waals surface area contributed by atoms with Gasteiger partial charge in [-0.05, 0) is 31.0 Å². The van der Waals surface area contributed by atoms with E-state index >= 15 is 0 Å². The number of halogens is 1. The van der Waals surface area contributed by atoms with Gasteiger partial charge in [0.2, 0.25) is 11.8 Å². The van der Waals surface area contributed by atoms with Crippen molar-refractivity contribution in [3.8, 4) is 11.3 Å². The molecule has 1 fully saturated rings. The van der Waals surface area contributed by atoms with Gasteiger partial charge in [-0.3, -0.25) is 4.79 Å². The SMILES string of the molecule is O=c1ccc(-c2ccccc2F)nn1Cc1nnc(C2CCCOC2)o1. The molecule has 8 heteroatoms. The van der Waals surface area contributed by atoms with Crippen LogP contribution < -0.4 is 5.56 Å². The summed E-state index contributed by atoms with van der Waals surface area (Å²) in [6.45, 7) is 1.34. The molecule has 1 unspecified atom stereocenters. The zero-order valence-corrected chi connectivity index (χ0v) is 14.0. The molecule has 1 saturated heterocycles. The Kier molecular flexibility index (Phi) is 4.57. The number of aromatic nitrogens is 4. The summed E-state index contributed by atoms with van der Waals surface area (Å²) in [4.78, 5) is 12.1. The third kappa shape index (κ3) is 3.41. The van der Waals surface area contributed by atoms with Crippen LogP contribution >= 0.6 is 0 Å². The van der Waals surface area contributed by atoms with Crippen LogP contribution in [0.3, 0.4) is 0 Å². The van der Waals surface area contributed by atoms with Gasteiger partial charge in [-0.1, -0.05) is 12.1 Å². The van der Waals surface area contributed by atoms with Gasteiger partial charge in [0.15, 0.2) is 0 Å². The van der Waals surface area contributed by atoms with Crippen molar-refractivity contribution in [2.45, 2.75) is 25.3 Å². The van der Waals surface area contributed by atoms with Crippen LogP contribution in [-0.2, 0) is 11.3 Å². The van der Waals surface area contributed by atoms with Crippen molar-refractivity contribution < 1.29 is 13.5 Å². The summed E-state index contributed by atoms with van der Waals surface area (Å²) in [5, 5.41) is 12.3. The lowest BCUT2D eigenvalue weighted by atomic mass is 10.0. The lowest BCUT2D eigenvalue weighted by molar-refractivity contribution is 0.0721. The monoisotopic (exact) mass is 356 g/mol. The Morgan fingerprint density at radius 3 is 2.88 bits per heavy atom. The van der Waals surface area contributed by atoms with Crippen LogP contribution in [0.4, 0.5) is 4.39 Å². The van der Waals surface area contributed by atoms with Crippen molar-refractivity contribution in [2.24, 2.45) is 0 Å². The van der Waals surface area contributed by atoms with Gasteiger partial charge in [-0.15, -0.1) is 10.2 Å². The van der Waals surface area contributed by atoms with Crippen molar-refractivity contribution >= 4 is 0 Å². The first-order valence-electron chi connectivity index (χ1n) is 8.44. The van der Waals surface area contributed by atoms with Crippen LogP contribution in [0.5, 0.6) is 0 Å². The fourth-order valence-electron chi connectivity index (χ4n) is 2.93. The molecule has 26 heavy (non-hydrogen) atoms. The molecule has 0 aliphatic carbocycles. The summed E-state index contributed by atoms with van der Waals surface area (Å²) in [5.74, 6) is 0.478. The summed E-state index contributed by atoms with van der Waals surface area (Å²) in [5.41, 5.74) is 0.362. The van der Waals surface area contributed by atoms with E-state index in [-0.39, 0.29) is 23.9 Å². The molecule has 1 aliphatic heterocycles. The van der Waals surface area contributed by atoms with Gasteiger partial charge in [0.05, 0.1) is 18.2 Å². The molecule has 0 amide bonds. The van der Waals surface area contributed by atoms with Crippen LogP contribution in [0, 0.1) is 5.82 Å². The molecule has 3 aromatic rings. The minimum absolute atomic E-state index is 0.0295. The quantitative estimate of drug-likeness (QED) is 0.714. The van der Waals surface area contributed by atoms with E-state index in [1.54, 1.807) is 18.2 Å². The molecule has 1 aliphatic rings. The zero-order valence-electron chi connectivity index (χ0n) is 14.0. The maximum absolute atomic E-state index is 14.0. The molecular formula is C18H17FN4O3. The van der Waals surface area contributed by atoms with E-state index in [0.29, 0.717) is 23.8 Å². The van der Waals surface area contributed by atoms with E-state index in [1.165, 1.54) is 22.9 Å². The molecule has 4 rings (SSSR count). The highest BCUT2D eigenvalue weighted by Crippen LogP contribution is 2.24. The van der Waals surface area contributed by atoms with E-state index in [0.717, 1.165) is 19.4 Å². The molecule has 0 bridgehead atoms. The third-order valence-electron chi connectivity index (χ3n) is 4.29.